The molecule has 0 fully saturated rings. The summed E-state index contributed by atoms with van der Waals surface area (Å²) < 4.78 is 0. The first-order valence-electron chi connectivity index (χ1n) is 5.38. The van der Waals surface area contributed by atoms with Crippen molar-refractivity contribution < 1.29 is 0 Å². The SMILES string of the molecule is C=CC[C@H](Cc1ccccc1)N=C(C)C. The summed E-state index contributed by atoms with van der Waals surface area (Å²) >= 11 is 0. The van der Waals surface area contributed by atoms with Gasteiger partial charge in [-0.3, -0.25) is 4.99 Å². The van der Waals surface area contributed by atoms with Gasteiger partial charge in [0.05, 0.1) is 6.04 Å². The number of benzene rings is 1. The summed E-state index contributed by atoms with van der Waals surface area (Å²) in [7, 11) is 0. The van der Waals surface area contributed by atoms with Crippen molar-refractivity contribution in [3.8, 4) is 0 Å². The van der Waals surface area contributed by atoms with E-state index in [4.69, 9.17) is 0 Å². The van der Waals surface area contributed by atoms with Gasteiger partial charge < -0.3 is 0 Å². The molecule has 0 radical (unpaired) electrons. The van der Waals surface area contributed by atoms with E-state index in [1.165, 1.54) is 5.56 Å². The van der Waals surface area contributed by atoms with Crippen molar-refractivity contribution in [1.29, 1.82) is 0 Å². The first-order valence-corrected chi connectivity index (χ1v) is 5.38. The van der Waals surface area contributed by atoms with E-state index in [0.29, 0.717) is 6.04 Å². The van der Waals surface area contributed by atoms with Gasteiger partial charge in [-0.15, -0.1) is 6.58 Å². The summed E-state index contributed by atoms with van der Waals surface area (Å²) in [6.45, 7) is 7.87. The fourth-order valence-electron chi connectivity index (χ4n) is 1.63. The molecule has 1 heteroatoms. The minimum absolute atomic E-state index is 0.342. The summed E-state index contributed by atoms with van der Waals surface area (Å²) in [6, 6.07) is 10.8. The molecule has 0 spiro atoms. The molecule has 80 valence electrons. The Morgan fingerprint density at radius 3 is 2.53 bits per heavy atom. The molecule has 0 aliphatic heterocycles. The molecule has 15 heavy (non-hydrogen) atoms. The van der Waals surface area contributed by atoms with Gasteiger partial charge in [0.1, 0.15) is 0 Å². The van der Waals surface area contributed by atoms with Crippen LogP contribution in [0.25, 0.3) is 0 Å². The van der Waals surface area contributed by atoms with Crippen molar-refractivity contribution in [2.24, 2.45) is 4.99 Å². The summed E-state index contributed by atoms with van der Waals surface area (Å²) in [4.78, 5) is 4.61. The van der Waals surface area contributed by atoms with E-state index in [-0.39, 0.29) is 0 Å². The fraction of sp³-hybridized carbons (Fsp3) is 0.357. The lowest BCUT2D eigenvalue weighted by Crippen LogP contribution is -2.09. The van der Waals surface area contributed by atoms with Crippen LogP contribution in [-0.2, 0) is 6.42 Å². The van der Waals surface area contributed by atoms with Gasteiger partial charge in [0.2, 0.25) is 0 Å². The van der Waals surface area contributed by atoms with Gasteiger partial charge in [-0.2, -0.15) is 0 Å². The fourth-order valence-corrected chi connectivity index (χ4v) is 1.63. The van der Waals surface area contributed by atoms with E-state index in [2.05, 4.69) is 35.8 Å². The van der Waals surface area contributed by atoms with E-state index in [0.717, 1.165) is 18.6 Å². The van der Waals surface area contributed by atoms with Crippen LogP contribution in [0.1, 0.15) is 25.8 Å². The highest BCUT2D eigenvalue weighted by Gasteiger charge is 2.05. The highest BCUT2D eigenvalue weighted by molar-refractivity contribution is 5.79. The Hall–Kier alpha value is -1.37. The molecule has 1 rings (SSSR count). The van der Waals surface area contributed by atoms with Crippen LogP contribution in [0.15, 0.2) is 48.0 Å². The topological polar surface area (TPSA) is 12.4 Å². The first kappa shape index (κ1) is 11.7. The van der Waals surface area contributed by atoms with E-state index >= 15 is 0 Å². The minimum Gasteiger partial charge on any atom is -0.291 e. The van der Waals surface area contributed by atoms with Crippen molar-refractivity contribution in [1.82, 2.24) is 0 Å². The van der Waals surface area contributed by atoms with Crippen LogP contribution < -0.4 is 0 Å². The molecule has 1 atom stereocenters. The Kier molecular flexibility index (Phi) is 4.82. The average molecular weight is 201 g/mol. The monoisotopic (exact) mass is 201 g/mol. The van der Waals surface area contributed by atoms with E-state index < -0.39 is 0 Å². The second-order valence-corrected chi connectivity index (χ2v) is 3.94. The summed E-state index contributed by atoms with van der Waals surface area (Å²) in [5.41, 5.74) is 2.48. The Morgan fingerprint density at radius 1 is 1.33 bits per heavy atom. The largest absolute Gasteiger partial charge is 0.291 e. The summed E-state index contributed by atoms with van der Waals surface area (Å²) in [6.07, 6.45) is 3.89. The molecule has 0 aromatic heterocycles. The maximum atomic E-state index is 4.61. The van der Waals surface area contributed by atoms with Gasteiger partial charge in [0, 0.05) is 5.71 Å². The Morgan fingerprint density at radius 2 is 2.00 bits per heavy atom. The molecular weight excluding hydrogens is 182 g/mol. The Balaban J connectivity index is 2.67. The predicted molar refractivity (Wildman–Crippen MR) is 67.5 cm³/mol. The summed E-state index contributed by atoms with van der Waals surface area (Å²) in [5.74, 6) is 0. The van der Waals surface area contributed by atoms with Crippen LogP contribution in [-0.4, -0.2) is 11.8 Å². The minimum atomic E-state index is 0.342. The van der Waals surface area contributed by atoms with Crippen molar-refractivity contribution >= 4 is 5.71 Å². The molecule has 1 nitrogen and oxygen atoms in total. The third-order valence-corrected chi connectivity index (χ3v) is 2.19. The number of rotatable bonds is 5. The van der Waals surface area contributed by atoms with Crippen molar-refractivity contribution in [3.63, 3.8) is 0 Å². The average Bonchev–Trinajstić information content (AvgIpc) is 2.18. The van der Waals surface area contributed by atoms with E-state index in [9.17, 15) is 0 Å². The van der Waals surface area contributed by atoms with Crippen LogP contribution in [0, 0.1) is 0 Å². The maximum absolute atomic E-state index is 4.61. The van der Waals surface area contributed by atoms with Crippen LogP contribution in [0.5, 0.6) is 0 Å². The molecule has 0 heterocycles. The van der Waals surface area contributed by atoms with Gasteiger partial charge >= 0.3 is 0 Å². The van der Waals surface area contributed by atoms with Crippen LogP contribution in [0.4, 0.5) is 0 Å². The molecule has 0 saturated carbocycles. The maximum Gasteiger partial charge on any atom is 0.0573 e. The Labute approximate surface area is 92.6 Å². The third-order valence-electron chi connectivity index (χ3n) is 2.19. The van der Waals surface area contributed by atoms with Gasteiger partial charge in [-0.1, -0.05) is 36.4 Å². The third kappa shape index (κ3) is 4.59. The summed E-state index contributed by atoms with van der Waals surface area (Å²) in [5, 5.41) is 0. The predicted octanol–water partition coefficient (Wildman–Crippen LogP) is 3.65. The molecule has 0 bridgehead atoms. The van der Waals surface area contributed by atoms with Crippen molar-refractivity contribution in [2.45, 2.75) is 32.7 Å². The second-order valence-electron chi connectivity index (χ2n) is 3.94. The molecule has 0 unspecified atom stereocenters. The molecule has 0 aliphatic rings. The molecule has 1 aromatic rings. The number of aliphatic imine (C=N–C) groups is 1. The zero-order chi connectivity index (χ0) is 11.1. The number of nitrogens with zero attached hydrogens (tertiary/aromatic N) is 1. The highest BCUT2D eigenvalue weighted by atomic mass is 14.8. The molecule has 0 amide bonds. The van der Waals surface area contributed by atoms with E-state index in [1.54, 1.807) is 0 Å². The normalized spacial score (nSPS) is 11.9. The van der Waals surface area contributed by atoms with Gasteiger partial charge in [-0.05, 0) is 32.3 Å². The van der Waals surface area contributed by atoms with Crippen molar-refractivity contribution in [2.75, 3.05) is 0 Å². The molecular formula is C14H19N. The Bertz CT molecular complexity index is 320. The lowest BCUT2D eigenvalue weighted by Gasteiger charge is -2.10. The van der Waals surface area contributed by atoms with Crippen LogP contribution in [0.2, 0.25) is 0 Å². The molecule has 0 aliphatic carbocycles. The first-order chi connectivity index (χ1) is 7.22. The van der Waals surface area contributed by atoms with Crippen molar-refractivity contribution in [3.05, 3.63) is 48.6 Å². The molecule has 1 aromatic carbocycles. The van der Waals surface area contributed by atoms with Gasteiger partial charge in [0.15, 0.2) is 0 Å². The van der Waals surface area contributed by atoms with Crippen LogP contribution in [0.3, 0.4) is 0 Å². The lowest BCUT2D eigenvalue weighted by atomic mass is 10.0. The van der Waals surface area contributed by atoms with E-state index in [1.807, 2.05) is 26.0 Å². The van der Waals surface area contributed by atoms with Gasteiger partial charge in [0.25, 0.3) is 0 Å². The number of hydrogen-bond acceptors (Lipinski definition) is 1. The quantitative estimate of drug-likeness (QED) is 0.509. The molecule has 0 N–H and O–H groups in total. The zero-order valence-electron chi connectivity index (χ0n) is 9.61. The van der Waals surface area contributed by atoms with Gasteiger partial charge in [-0.25, -0.2) is 0 Å². The van der Waals surface area contributed by atoms with Crippen LogP contribution >= 0.6 is 0 Å². The smallest absolute Gasteiger partial charge is 0.0573 e. The highest BCUT2D eigenvalue weighted by Crippen LogP contribution is 2.09. The number of hydrogen-bond donors (Lipinski definition) is 0. The standard InChI is InChI=1S/C14H19N/c1-4-8-14(15-12(2)3)11-13-9-6-5-7-10-13/h4-7,9-10,14H,1,8,11H2,2-3H3/t14-/m1/s1. The zero-order valence-corrected chi connectivity index (χ0v) is 9.61. The lowest BCUT2D eigenvalue weighted by molar-refractivity contribution is 0.681. The second kappa shape index (κ2) is 6.18. The molecule has 0 saturated heterocycles.